The average Bonchev–Trinajstić information content (AvgIpc) is 2.47. The van der Waals surface area contributed by atoms with Crippen LogP contribution >= 0.6 is 0 Å². The molecule has 1 rings (SSSR count). The van der Waals surface area contributed by atoms with Crippen LogP contribution in [0.3, 0.4) is 0 Å². The fourth-order valence-corrected chi connectivity index (χ4v) is 3.51. The van der Waals surface area contributed by atoms with Crippen LogP contribution in [0.25, 0.3) is 0 Å². The SMILES string of the molecule is CCNC(=NCCC1CCN(C)CC1)NC(C)CCS(C)(=O)=O. The highest BCUT2D eigenvalue weighted by molar-refractivity contribution is 7.90. The molecule has 0 bridgehead atoms. The molecule has 0 aromatic heterocycles. The van der Waals surface area contributed by atoms with E-state index in [0.717, 1.165) is 31.4 Å². The molecule has 1 heterocycles. The summed E-state index contributed by atoms with van der Waals surface area (Å²) < 4.78 is 22.5. The Hall–Kier alpha value is -0.820. The van der Waals surface area contributed by atoms with Crippen molar-refractivity contribution in [3.8, 4) is 0 Å². The largest absolute Gasteiger partial charge is 0.357 e. The maximum atomic E-state index is 11.2. The zero-order chi connectivity index (χ0) is 17.3. The Morgan fingerprint density at radius 2 is 2.00 bits per heavy atom. The standard InChI is InChI=1S/C16H34N4O2S/c1-5-17-16(19-14(2)9-13-23(4,21)22)18-10-6-15-7-11-20(3)12-8-15/h14-15H,5-13H2,1-4H3,(H2,17,18,19). The van der Waals surface area contributed by atoms with Crippen LogP contribution in [-0.2, 0) is 9.84 Å². The fraction of sp³-hybridized carbons (Fsp3) is 0.938. The summed E-state index contributed by atoms with van der Waals surface area (Å²) >= 11 is 0. The topological polar surface area (TPSA) is 73.8 Å². The molecule has 1 aliphatic heterocycles. The Bertz CT molecular complexity index is 457. The van der Waals surface area contributed by atoms with Crippen molar-refractivity contribution >= 4 is 15.8 Å². The van der Waals surface area contributed by atoms with Gasteiger partial charge in [-0.3, -0.25) is 4.99 Å². The number of aliphatic imine (C=N–C) groups is 1. The number of sulfone groups is 1. The molecule has 1 unspecified atom stereocenters. The van der Waals surface area contributed by atoms with E-state index in [0.29, 0.717) is 6.42 Å². The maximum Gasteiger partial charge on any atom is 0.191 e. The van der Waals surface area contributed by atoms with Crippen molar-refractivity contribution in [3.05, 3.63) is 0 Å². The molecule has 1 aliphatic rings. The van der Waals surface area contributed by atoms with Gasteiger partial charge in [0.1, 0.15) is 9.84 Å². The van der Waals surface area contributed by atoms with E-state index >= 15 is 0 Å². The highest BCUT2D eigenvalue weighted by Crippen LogP contribution is 2.19. The first kappa shape index (κ1) is 20.2. The molecule has 23 heavy (non-hydrogen) atoms. The summed E-state index contributed by atoms with van der Waals surface area (Å²) in [5.74, 6) is 1.78. The molecule has 6 nitrogen and oxygen atoms in total. The number of hydrogen-bond acceptors (Lipinski definition) is 4. The maximum absolute atomic E-state index is 11.2. The normalized spacial score (nSPS) is 19.6. The number of rotatable bonds is 8. The Labute approximate surface area is 142 Å². The van der Waals surface area contributed by atoms with E-state index in [-0.39, 0.29) is 11.8 Å². The van der Waals surface area contributed by atoms with Gasteiger partial charge in [0.05, 0.1) is 5.75 Å². The molecule has 0 radical (unpaired) electrons. The molecule has 0 saturated carbocycles. The fourth-order valence-electron chi connectivity index (χ4n) is 2.73. The third-order valence-electron chi connectivity index (χ3n) is 4.29. The molecular formula is C16H34N4O2S. The molecule has 0 aromatic rings. The summed E-state index contributed by atoms with van der Waals surface area (Å²) in [6.45, 7) is 8.04. The molecule has 0 aliphatic carbocycles. The van der Waals surface area contributed by atoms with Crippen molar-refractivity contribution in [1.29, 1.82) is 0 Å². The van der Waals surface area contributed by atoms with E-state index in [1.54, 1.807) is 0 Å². The lowest BCUT2D eigenvalue weighted by atomic mass is 9.94. The van der Waals surface area contributed by atoms with Crippen LogP contribution in [0.1, 0.15) is 39.5 Å². The number of piperidine rings is 1. The minimum Gasteiger partial charge on any atom is -0.357 e. The van der Waals surface area contributed by atoms with Crippen molar-refractivity contribution in [3.63, 3.8) is 0 Å². The molecule has 0 amide bonds. The molecule has 2 N–H and O–H groups in total. The van der Waals surface area contributed by atoms with E-state index in [9.17, 15) is 8.42 Å². The number of nitrogens with zero attached hydrogens (tertiary/aromatic N) is 2. The predicted octanol–water partition coefficient (Wildman–Crippen LogP) is 1.10. The van der Waals surface area contributed by atoms with Gasteiger partial charge in [0.2, 0.25) is 0 Å². The van der Waals surface area contributed by atoms with E-state index in [2.05, 4.69) is 27.6 Å². The third kappa shape index (κ3) is 9.81. The number of likely N-dealkylation sites (tertiary alicyclic amines) is 1. The molecular weight excluding hydrogens is 312 g/mol. The quantitative estimate of drug-likeness (QED) is 0.508. The lowest BCUT2D eigenvalue weighted by Crippen LogP contribution is -2.43. The second kappa shape index (κ2) is 10.1. The van der Waals surface area contributed by atoms with Crippen LogP contribution in [-0.4, -0.2) is 70.6 Å². The van der Waals surface area contributed by atoms with Crippen molar-refractivity contribution in [2.45, 2.75) is 45.6 Å². The molecule has 1 fully saturated rings. The Morgan fingerprint density at radius 1 is 1.35 bits per heavy atom. The average molecular weight is 347 g/mol. The highest BCUT2D eigenvalue weighted by Gasteiger charge is 2.16. The minimum absolute atomic E-state index is 0.0888. The van der Waals surface area contributed by atoms with E-state index in [4.69, 9.17) is 0 Å². The van der Waals surface area contributed by atoms with Gasteiger partial charge in [-0.15, -0.1) is 0 Å². The van der Waals surface area contributed by atoms with Crippen molar-refractivity contribution < 1.29 is 8.42 Å². The first-order chi connectivity index (χ1) is 10.8. The molecule has 136 valence electrons. The Morgan fingerprint density at radius 3 is 2.57 bits per heavy atom. The van der Waals surface area contributed by atoms with Gasteiger partial charge in [0.25, 0.3) is 0 Å². The minimum atomic E-state index is -2.91. The lowest BCUT2D eigenvalue weighted by molar-refractivity contribution is 0.214. The lowest BCUT2D eigenvalue weighted by Gasteiger charge is -2.28. The van der Waals surface area contributed by atoms with E-state index < -0.39 is 9.84 Å². The second-order valence-electron chi connectivity index (χ2n) is 6.76. The van der Waals surface area contributed by atoms with Crippen molar-refractivity contribution in [1.82, 2.24) is 15.5 Å². The predicted molar refractivity (Wildman–Crippen MR) is 97.7 cm³/mol. The second-order valence-corrected chi connectivity index (χ2v) is 9.02. The molecule has 1 saturated heterocycles. The van der Waals surface area contributed by atoms with Crippen LogP contribution in [0.15, 0.2) is 4.99 Å². The Kier molecular flexibility index (Phi) is 8.91. The van der Waals surface area contributed by atoms with Crippen LogP contribution in [0.5, 0.6) is 0 Å². The van der Waals surface area contributed by atoms with Crippen molar-refractivity contribution in [2.75, 3.05) is 45.2 Å². The van der Waals surface area contributed by atoms with Gasteiger partial charge in [-0.2, -0.15) is 0 Å². The number of guanidine groups is 1. The molecule has 0 spiro atoms. The number of hydrogen-bond donors (Lipinski definition) is 2. The molecule has 7 heteroatoms. The third-order valence-corrected chi connectivity index (χ3v) is 5.27. The van der Waals surface area contributed by atoms with Gasteiger partial charge in [-0.25, -0.2) is 8.42 Å². The summed E-state index contributed by atoms with van der Waals surface area (Å²) in [5, 5.41) is 6.54. The molecule has 1 atom stereocenters. The van der Waals surface area contributed by atoms with Crippen molar-refractivity contribution in [2.24, 2.45) is 10.9 Å². The summed E-state index contributed by atoms with van der Waals surface area (Å²) in [6, 6.07) is 0.0888. The first-order valence-corrected chi connectivity index (χ1v) is 10.8. The summed E-state index contributed by atoms with van der Waals surface area (Å²) in [4.78, 5) is 7.03. The summed E-state index contributed by atoms with van der Waals surface area (Å²) in [5.41, 5.74) is 0. The van der Waals surface area contributed by atoms with Crippen LogP contribution in [0, 0.1) is 5.92 Å². The zero-order valence-corrected chi connectivity index (χ0v) is 16.0. The van der Waals surface area contributed by atoms with Crippen LogP contribution < -0.4 is 10.6 Å². The smallest absolute Gasteiger partial charge is 0.191 e. The van der Waals surface area contributed by atoms with Gasteiger partial charge >= 0.3 is 0 Å². The van der Waals surface area contributed by atoms with Gasteiger partial charge in [0.15, 0.2) is 5.96 Å². The van der Waals surface area contributed by atoms with E-state index in [1.165, 1.54) is 32.2 Å². The van der Waals surface area contributed by atoms with Gasteiger partial charge in [-0.05, 0) is 65.6 Å². The van der Waals surface area contributed by atoms with Gasteiger partial charge < -0.3 is 15.5 Å². The van der Waals surface area contributed by atoms with Crippen LogP contribution in [0.2, 0.25) is 0 Å². The van der Waals surface area contributed by atoms with E-state index in [1.807, 2.05) is 13.8 Å². The van der Waals surface area contributed by atoms with Crippen LogP contribution in [0.4, 0.5) is 0 Å². The Balaban J connectivity index is 2.37. The first-order valence-electron chi connectivity index (χ1n) is 8.71. The number of nitrogens with one attached hydrogen (secondary N) is 2. The van der Waals surface area contributed by atoms with Gasteiger partial charge in [0, 0.05) is 25.4 Å². The highest BCUT2D eigenvalue weighted by atomic mass is 32.2. The monoisotopic (exact) mass is 346 g/mol. The van der Waals surface area contributed by atoms with Gasteiger partial charge in [-0.1, -0.05) is 0 Å². The zero-order valence-electron chi connectivity index (χ0n) is 15.1. The molecule has 0 aromatic carbocycles. The summed E-state index contributed by atoms with van der Waals surface area (Å²) in [6.07, 6.45) is 5.53. The summed E-state index contributed by atoms with van der Waals surface area (Å²) in [7, 11) is -0.727.